The minimum Gasteiger partial charge on any atom is -0.489 e. The van der Waals surface area contributed by atoms with Gasteiger partial charge in [0.15, 0.2) is 11.7 Å². The molecule has 3 aromatic rings. The Hall–Kier alpha value is -3.09. The number of nitrogens with zero attached hydrogens (tertiary/aromatic N) is 2. The third-order valence-electron chi connectivity index (χ3n) is 6.31. The van der Waals surface area contributed by atoms with Crippen molar-refractivity contribution in [1.82, 2.24) is 4.57 Å². The first kappa shape index (κ1) is 20.8. The van der Waals surface area contributed by atoms with Crippen molar-refractivity contribution >= 4 is 5.82 Å². The van der Waals surface area contributed by atoms with Crippen molar-refractivity contribution in [1.29, 1.82) is 0 Å². The average Bonchev–Trinajstić information content (AvgIpc) is 2.85. The smallest absolute Gasteiger partial charge is 0.187 e. The highest BCUT2D eigenvalue weighted by molar-refractivity contribution is 5.72. The summed E-state index contributed by atoms with van der Waals surface area (Å²) in [5, 5.41) is 0. The molecule has 0 N–H and O–H groups in total. The van der Waals surface area contributed by atoms with Crippen LogP contribution < -0.4 is 15.1 Å². The molecule has 0 saturated carbocycles. The number of fused-ring (bicyclic) bond motifs is 3. The van der Waals surface area contributed by atoms with E-state index in [1.54, 1.807) is 6.07 Å². The molecule has 1 atom stereocenters. The van der Waals surface area contributed by atoms with Crippen LogP contribution in [-0.2, 0) is 29.0 Å². The van der Waals surface area contributed by atoms with Gasteiger partial charge in [0.1, 0.15) is 18.2 Å². The number of aryl methyl sites for hydroxylation is 1. The van der Waals surface area contributed by atoms with Crippen LogP contribution >= 0.6 is 0 Å². The van der Waals surface area contributed by atoms with E-state index in [1.807, 2.05) is 43.1 Å². The highest BCUT2D eigenvalue weighted by atomic mass is 16.6. The van der Waals surface area contributed by atoms with Gasteiger partial charge in [0, 0.05) is 30.8 Å². The fraction of sp³-hybridized carbons (Fsp3) is 0.346. The van der Waals surface area contributed by atoms with Gasteiger partial charge in [-0.2, -0.15) is 0 Å². The third-order valence-corrected chi connectivity index (χ3v) is 6.31. The van der Waals surface area contributed by atoms with Gasteiger partial charge in [-0.1, -0.05) is 30.3 Å². The van der Waals surface area contributed by atoms with Crippen LogP contribution in [0.15, 0.2) is 59.4 Å². The fourth-order valence-corrected chi connectivity index (χ4v) is 4.52. The molecule has 1 aromatic heterocycles. The number of aromatic nitrogens is 1. The van der Waals surface area contributed by atoms with Gasteiger partial charge in [0.2, 0.25) is 0 Å². The van der Waals surface area contributed by atoms with Crippen LogP contribution in [0, 0.1) is 6.92 Å². The van der Waals surface area contributed by atoms with Crippen LogP contribution in [0.4, 0.5) is 5.82 Å². The highest BCUT2D eigenvalue weighted by Crippen LogP contribution is 2.36. The predicted octanol–water partition coefficient (Wildman–Crippen LogP) is 3.77. The Morgan fingerprint density at radius 3 is 2.75 bits per heavy atom. The lowest BCUT2D eigenvalue weighted by molar-refractivity contribution is -0.0869. The number of rotatable bonds is 5. The molecule has 0 radical (unpaired) electrons. The molecule has 32 heavy (non-hydrogen) atoms. The molecule has 0 bridgehead atoms. The zero-order chi connectivity index (χ0) is 22.1. The summed E-state index contributed by atoms with van der Waals surface area (Å²) < 4.78 is 19.7. The molecule has 1 saturated heterocycles. The topological polar surface area (TPSA) is 52.9 Å². The van der Waals surface area contributed by atoms with Gasteiger partial charge in [-0.05, 0) is 42.7 Å². The first-order valence-corrected chi connectivity index (χ1v) is 11.1. The molecule has 0 unspecified atom stereocenters. The number of benzene rings is 2. The van der Waals surface area contributed by atoms with Crippen molar-refractivity contribution in [2.75, 3.05) is 31.8 Å². The molecule has 3 heterocycles. The molecule has 6 nitrogen and oxygen atoms in total. The first-order valence-electron chi connectivity index (χ1n) is 11.1. The molecule has 0 amide bonds. The number of hydrogen-bond acceptors (Lipinski definition) is 5. The lowest BCUT2D eigenvalue weighted by Crippen LogP contribution is -2.44. The molecule has 1 fully saturated rings. The van der Waals surface area contributed by atoms with Crippen LogP contribution in [0.2, 0.25) is 0 Å². The van der Waals surface area contributed by atoms with E-state index in [0.29, 0.717) is 26.4 Å². The summed E-state index contributed by atoms with van der Waals surface area (Å²) in [7, 11) is 1.97. The van der Waals surface area contributed by atoms with E-state index in [0.717, 1.165) is 46.9 Å². The summed E-state index contributed by atoms with van der Waals surface area (Å²) >= 11 is 0. The molecule has 166 valence electrons. The number of pyridine rings is 1. The number of ether oxygens (including phenoxy) is 3. The maximum atomic E-state index is 12.9. The Labute approximate surface area is 188 Å². The van der Waals surface area contributed by atoms with Gasteiger partial charge < -0.3 is 23.7 Å². The highest BCUT2D eigenvalue weighted by Gasteiger charge is 2.27. The monoisotopic (exact) mass is 432 g/mol. The lowest BCUT2D eigenvalue weighted by atomic mass is 9.94. The second-order valence-corrected chi connectivity index (χ2v) is 8.35. The molecule has 0 spiro atoms. The SMILES string of the molecule is Cc1c2n(c(N(C)[C@H]3COCCO3)cc1=O)CCc1cc(OCc3ccccc3)ccc1-2. The molecule has 2 aliphatic heterocycles. The summed E-state index contributed by atoms with van der Waals surface area (Å²) in [4.78, 5) is 14.9. The maximum Gasteiger partial charge on any atom is 0.187 e. The normalized spacial score (nSPS) is 17.4. The standard InChI is InChI=1S/C26H28N2O4/c1-18-23(29)15-24(27(2)25-17-30-12-13-31-25)28-11-10-20-14-21(8-9-22(20)26(18)28)32-16-19-6-4-3-5-7-19/h3-9,14-15,25H,10-13,16-17H2,1-2H3/t25-/m1/s1. The molecule has 2 aromatic carbocycles. The second kappa shape index (κ2) is 8.81. The summed E-state index contributed by atoms with van der Waals surface area (Å²) in [5.74, 6) is 1.71. The van der Waals surface area contributed by atoms with Gasteiger partial charge in [-0.25, -0.2) is 0 Å². The zero-order valence-corrected chi connectivity index (χ0v) is 18.5. The Morgan fingerprint density at radius 2 is 1.97 bits per heavy atom. The summed E-state index contributed by atoms with van der Waals surface area (Å²) in [6, 6.07) is 18.1. The zero-order valence-electron chi connectivity index (χ0n) is 18.5. The molecule has 6 heteroatoms. The first-order chi connectivity index (χ1) is 15.6. The molecule has 5 rings (SSSR count). The number of hydrogen-bond donors (Lipinski definition) is 0. The van der Waals surface area contributed by atoms with Crippen molar-refractivity contribution in [3.8, 4) is 17.0 Å². The van der Waals surface area contributed by atoms with E-state index in [9.17, 15) is 4.79 Å². The van der Waals surface area contributed by atoms with Gasteiger partial charge in [0.05, 0.1) is 25.5 Å². The number of likely N-dealkylation sites (N-methyl/N-ethyl adjacent to an activating group) is 1. The van der Waals surface area contributed by atoms with E-state index >= 15 is 0 Å². The van der Waals surface area contributed by atoms with E-state index in [-0.39, 0.29) is 11.7 Å². The van der Waals surface area contributed by atoms with Crippen molar-refractivity contribution < 1.29 is 14.2 Å². The van der Waals surface area contributed by atoms with Crippen LogP contribution in [0.3, 0.4) is 0 Å². The van der Waals surface area contributed by atoms with Gasteiger partial charge in [-0.15, -0.1) is 0 Å². The molecular weight excluding hydrogens is 404 g/mol. The fourth-order valence-electron chi connectivity index (χ4n) is 4.52. The average molecular weight is 433 g/mol. The van der Waals surface area contributed by atoms with Crippen molar-refractivity contribution in [3.63, 3.8) is 0 Å². The van der Waals surface area contributed by atoms with E-state index in [4.69, 9.17) is 14.2 Å². The van der Waals surface area contributed by atoms with Gasteiger partial charge >= 0.3 is 0 Å². The van der Waals surface area contributed by atoms with E-state index in [1.165, 1.54) is 5.56 Å². The second-order valence-electron chi connectivity index (χ2n) is 8.35. The number of anilines is 1. The van der Waals surface area contributed by atoms with Gasteiger partial charge in [0.25, 0.3) is 0 Å². The summed E-state index contributed by atoms with van der Waals surface area (Å²) in [5.41, 5.74) is 5.21. The van der Waals surface area contributed by atoms with Crippen LogP contribution in [0.1, 0.15) is 16.7 Å². The largest absolute Gasteiger partial charge is 0.489 e. The Balaban J connectivity index is 1.47. The molecule has 2 aliphatic rings. The maximum absolute atomic E-state index is 12.9. The van der Waals surface area contributed by atoms with Crippen LogP contribution in [-0.4, -0.2) is 37.7 Å². The Bertz CT molecular complexity index is 1170. The van der Waals surface area contributed by atoms with Crippen molar-refractivity contribution in [2.24, 2.45) is 0 Å². The lowest BCUT2D eigenvalue weighted by Gasteiger charge is -2.36. The van der Waals surface area contributed by atoms with Crippen molar-refractivity contribution in [2.45, 2.75) is 32.7 Å². The van der Waals surface area contributed by atoms with E-state index in [2.05, 4.69) is 28.8 Å². The summed E-state index contributed by atoms with van der Waals surface area (Å²) in [6.07, 6.45) is 0.674. The third kappa shape index (κ3) is 3.92. The molecule has 0 aliphatic carbocycles. The Kier molecular flexibility index (Phi) is 5.72. The minimum atomic E-state index is -0.197. The summed E-state index contributed by atoms with van der Waals surface area (Å²) in [6.45, 7) is 4.90. The Morgan fingerprint density at radius 1 is 1.12 bits per heavy atom. The van der Waals surface area contributed by atoms with Crippen molar-refractivity contribution in [3.05, 3.63) is 81.5 Å². The van der Waals surface area contributed by atoms with Crippen LogP contribution in [0.5, 0.6) is 5.75 Å². The van der Waals surface area contributed by atoms with Gasteiger partial charge in [-0.3, -0.25) is 4.79 Å². The molecular formula is C26H28N2O4. The van der Waals surface area contributed by atoms with Crippen LogP contribution in [0.25, 0.3) is 11.3 Å². The predicted molar refractivity (Wildman–Crippen MR) is 124 cm³/mol. The minimum absolute atomic E-state index is 0.0343. The van der Waals surface area contributed by atoms with E-state index < -0.39 is 0 Å². The quantitative estimate of drug-likeness (QED) is 0.614.